The number of fused-ring (bicyclic) bond motifs is 9. The van der Waals surface area contributed by atoms with Crippen molar-refractivity contribution in [1.29, 1.82) is 0 Å². The number of benzene rings is 3. The van der Waals surface area contributed by atoms with E-state index in [1.54, 1.807) is 79.3 Å². The van der Waals surface area contributed by atoms with Gasteiger partial charge in [0.15, 0.2) is 41.1 Å². The quantitative estimate of drug-likeness (QED) is 0.0761. The second-order valence-corrected chi connectivity index (χ2v) is 31.3. The van der Waals surface area contributed by atoms with Crippen LogP contribution >= 0.6 is 0 Å². The number of carbonyl (C=O) groups excluding carboxylic acids is 2. The van der Waals surface area contributed by atoms with Crippen LogP contribution in [0.5, 0.6) is 0 Å². The van der Waals surface area contributed by atoms with Crippen molar-refractivity contribution >= 4 is 18.3 Å². The maximum Gasteiger partial charge on any atom is 0.330 e. The highest BCUT2D eigenvalue weighted by Crippen LogP contribution is 2.61. The minimum atomic E-state index is -0.530. The molecule has 18 rings (SSSR count). The third-order valence-corrected chi connectivity index (χ3v) is 25.8. The molecular weight excluding hydrogens is 1390 g/mol. The van der Waals surface area contributed by atoms with Crippen LogP contribution in [0.1, 0.15) is 155 Å². The van der Waals surface area contributed by atoms with Crippen molar-refractivity contribution in [1.82, 2.24) is 44.9 Å². The van der Waals surface area contributed by atoms with E-state index in [0.717, 1.165) is 122 Å². The average molecular weight is 1480 g/mol. The second-order valence-electron chi connectivity index (χ2n) is 31.3. The van der Waals surface area contributed by atoms with Crippen molar-refractivity contribution in [2.45, 2.75) is 159 Å². The summed E-state index contributed by atoms with van der Waals surface area (Å²) in [5.41, 5.74) is 12.3. The summed E-state index contributed by atoms with van der Waals surface area (Å²) in [5, 5.41) is 9.62. The van der Waals surface area contributed by atoms with Crippen LogP contribution in [-0.4, -0.2) is 126 Å². The molecule has 9 aliphatic rings. The molecule has 0 unspecified atom stereocenters. The largest absolute Gasteiger partial charge is 0.466 e. The molecule has 6 fully saturated rings. The van der Waals surface area contributed by atoms with E-state index in [2.05, 4.69) is 56.5 Å². The van der Waals surface area contributed by atoms with Crippen LogP contribution in [0.25, 0.3) is 74.0 Å². The summed E-state index contributed by atoms with van der Waals surface area (Å²) in [6.45, 7) is 17.2. The van der Waals surface area contributed by atoms with Gasteiger partial charge in [0.25, 0.3) is 0 Å². The molecule has 9 heterocycles. The molecule has 564 valence electrons. The Hall–Kier alpha value is -9.26. The molecule has 3 saturated carbocycles. The molecule has 3 saturated heterocycles. The SMILES string of the molecule is COC(=O)C=Cc1cc(-c2nc(-c3ccccc3F)c3c(n2)[C@]2(C)CCC4(OCCO4)[C@H](C)[C@H]2CC3)ccn1.C[C@@H]1[C@H]2CCc3c(-c4ccccc4F)nc(-c4ccnc(C=O)c4)nc3[C@]2(C)CCC12OCCO2.C[C@@H]1[C@H]2CCc3c(-c4ccccc4F)nc(-c4ccnc(CO)c4)nc3[C@]2(C)CCC12OCCO2. The Morgan fingerprint density at radius 2 is 0.817 bits per heavy atom. The molecule has 19 nitrogen and oxygen atoms in total. The van der Waals surface area contributed by atoms with Crippen molar-refractivity contribution in [3.8, 4) is 67.9 Å². The first-order chi connectivity index (χ1) is 52.7. The Bertz CT molecular complexity index is 5010. The smallest absolute Gasteiger partial charge is 0.330 e. The number of carbonyl (C=O) groups is 2. The van der Waals surface area contributed by atoms with Gasteiger partial charge in [0.2, 0.25) is 0 Å². The molecular formula is C87H90F3N9O10. The molecule has 3 aromatic carbocycles. The van der Waals surface area contributed by atoms with Gasteiger partial charge in [-0.25, -0.2) is 47.9 Å². The first kappa shape index (κ1) is 73.9. The number of halogens is 3. The van der Waals surface area contributed by atoms with Crippen LogP contribution in [0.3, 0.4) is 0 Å². The number of nitrogens with zero attached hydrogens (tertiary/aromatic N) is 9. The van der Waals surface area contributed by atoms with E-state index in [1.807, 2.05) is 36.4 Å². The molecule has 6 aliphatic carbocycles. The molecule has 9 aromatic rings. The minimum absolute atomic E-state index is 0.168. The summed E-state index contributed by atoms with van der Waals surface area (Å²) >= 11 is 0. The summed E-state index contributed by atoms with van der Waals surface area (Å²) in [4.78, 5) is 65.8. The predicted octanol–water partition coefficient (Wildman–Crippen LogP) is 15.5. The Balaban J connectivity index is 0.000000125. The third-order valence-electron chi connectivity index (χ3n) is 25.8. The molecule has 3 spiro atoms. The number of esters is 1. The van der Waals surface area contributed by atoms with Crippen LogP contribution in [0.15, 0.2) is 134 Å². The van der Waals surface area contributed by atoms with Crippen LogP contribution < -0.4 is 0 Å². The van der Waals surface area contributed by atoms with Crippen molar-refractivity contribution in [3.63, 3.8) is 0 Å². The Labute approximate surface area is 632 Å². The molecule has 0 bridgehead atoms. The van der Waals surface area contributed by atoms with Crippen molar-refractivity contribution in [3.05, 3.63) is 202 Å². The van der Waals surface area contributed by atoms with Gasteiger partial charge in [-0.2, -0.15) is 0 Å². The highest BCUT2D eigenvalue weighted by Gasteiger charge is 2.61. The van der Waals surface area contributed by atoms with Gasteiger partial charge in [0.1, 0.15) is 23.1 Å². The highest BCUT2D eigenvalue weighted by molar-refractivity contribution is 5.87. The molecule has 3 aliphatic heterocycles. The number of hydrogen-bond acceptors (Lipinski definition) is 19. The van der Waals surface area contributed by atoms with E-state index in [4.69, 9.17) is 63.1 Å². The molecule has 0 amide bonds. The number of aliphatic hydroxyl groups is 1. The number of methoxy groups -OCH3 is 1. The molecule has 109 heavy (non-hydrogen) atoms. The lowest BCUT2D eigenvalue weighted by Crippen LogP contribution is -2.55. The fourth-order valence-corrected chi connectivity index (χ4v) is 20.1. The summed E-state index contributed by atoms with van der Waals surface area (Å²) in [6.07, 6.45) is 18.6. The molecule has 9 atom stereocenters. The number of rotatable bonds is 10. The van der Waals surface area contributed by atoms with Crippen molar-refractivity contribution < 1.29 is 61.0 Å². The van der Waals surface area contributed by atoms with E-state index in [-0.39, 0.29) is 58.1 Å². The monoisotopic (exact) mass is 1480 g/mol. The minimum Gasteiger partial charge on any atom is -0.466 e. The van der Waals surface area contributed by atoms with Crippen LogP contribution in [0.4, 0.5) is 13.2 Å². The molecule has 6 aromatic heterocycles. The highest BCUT2D eigenvalue weighted by atomic mass is 19.1. The lowest BCUT2D eigenvalue weighted by Gasteiger charge is -2.54. The standard InChI is InChI=1S/C31H32FN3O4.C28H30FN3O3.C28H28FN3O3/c1-19-24-10-9-23-27(22-6-4-5-7-25(22)32)34-29(20-12-15-33-21(18-20)8-11-26(36)37-3)35-28(23)30(24,2)13-14-31(19)38-16-17-39-31;2*1-17-22-8-7-21-24(20-5-3-4-6-23(20)29)31-26(18-9-12-30-19(15-18)16-33)32-25(21)27(22,2)10-11-28(17)34-13-14-35-28/h4-8,11-12,15,18-19,24H,9-10,13-14,16-17H2,1-3H3;3-6,9,12,15,17,22,33H,7-8,10-11,13-14,16H2,1-2H3;3-6,9,12,15-17,22H,7-8,10-11,13-14H2,1-2H3/t19-,24-,30-;2*17-,22-,27-/m111/s1. The topological polar surface area (TPSA) is 235 Å². The first-order valence-electron chi connectivity index (χ1n) is 38.3. The Morgan fingerprint density at radius 3 is 1.17 bits per heavy atom. The van der Waals surface area contributed by atoms with Gasteiger partial charge in [-0.15, -0.1) is 0 Å². The van der Waals surface area contributed by atoms with E-state index in [1.165, 1.54) is 31.4 Å². The van der Waals surface area contributed by atoms with Gasteiger partial charge in [-0.1, -0.05) is 77.9 Å². The normalized spacial score (nSPS) is 26.4. The summed E-state index contributed by atoms with van der Waals surface area (Å²) in [7, 11) is 1.33. The van der Waals surface area contributed by atoms with Gasteiger partial charge in [0, 0.05) is 128 Å². The fourth-order valence-electron chi connectivity index (χ4n) is 20.1. The van der Waals surface area contributed by atoms with E-state index < -0.39 is 23.3 Å². The van der Waals surface area contributed by atoms with Gasteiger partial charge in [-0.3, -0.25) is 19.7 Å². The zero-order chi connectivity index (χ0) is 75.6. The van der Waals surface area contributed by atoms with E-state index >= 15 is 13.2 Å². The number of aldehydes is 1. The fraction of sp³-hybridized carbons (Fsp3) is 0.437. The zero-order valence-electron chi connectivity index (χ0n) is 62.5. The number of aromatic nitrogens is 9. The summed E-state index contributed by atoms with van der Waals surface area (Å²) < 4.78 is 87.0. The number of ether oxygens (including phenoxy) is 7. The number of hydrogen-bond donors (Lipinski definition) is 1. The lowest BCUT2D eigenvalue weighted by molar-refractivity contribution is -0.234. The summed E-state index contributed by atoms with van der Waals surface area (Å²) in [5.74, 6) is 0.129. The van der Waals surface area contributed by atoms with Crippen LogP contribution in [-0.2, 0) is 80.1 Å². The summed E-state index contributed by atoms with van der Waals surface area (Å²) in [6, 6.07) is 31.1. The first-order valence-corrected chi connectivity index (χ1v) is 38.3. The number of pyridine rings is 3. The number of aliphatic hydroxyl groups excluding tert-OH is 1. The third kappa shape index (κ3) is 13.1. The van der Waals surface area contributed by atoms with Crippen LogP contribution in [0.2, 0.25) is 0 Å². The second kappa shape index (κ2) is 29.5. The van der Waals surface area contributed by atoms with E-state index in [0.29, 0.717) is 138 Å². The van der Waals surface area contributed by atoms with Crippen molar-refractivity contribution in [2.24, 2.45) is 35.5 Å². The Kier molecular flexibility index (Phi) is 20.0. The van der Waals surface area contributed by atoms with E-state index in [9.17, 15) is 14.7 Å². The van der Waals surface area contributed by atoms with Gasteiger partial charge >= 0.3 is 5.97 Å². The molecule has 22 heteroatoms. The average Bonchev–Trinajstić information content (AvgIpc) is 1.56. The van der Waals surface area contributed by atoms with Gasteiger partial charge in [-0.05, 0) is 154 Å². The van der Waals surface area contributed by atoms with Gasteiger partial charge < -0.3 is 38.3 Å². The maximum absolute atomic E-state index is 15.2. The zero-order valence-corrected chi connectivity index (χ0v) is 62.5. The molecule has 1 N–H and O–H groups in total. The van der Waals surface area contributed by atoms with Crippen LogP contribution in [0, 0.1) is 53.0 Å². The lowest BCUT2D eigenvalue weighted by atomic mass is 9.54. The molecule has 0 radical (unpaired) electrons. The van der Waals surface area contributed by atoms with Gasteiger partial charge in [0.05, 0.1) is 98.9 Å². The Morgan fingerprint density at radius 1 is 0.477 bits per heavy atom. The predicted molar refractivity (Wildman–Crippen MR) is 401 cm³/mol. The maximum atomic E-state index is 15.2. The van der Waals surface area contributed by atoms with Crippen molar-refractivity contribution in [2.75, 3.05) is 46.8 Å².